The quantitative estimate of drug-likeness (QED) is 0.0286. The maximum atomic E-state index is 12.6. The van der Waals surface area contributed by atoms with Crippen molar-refractivity contribution in [2.45, 2.75) is 199 Å². The molecule has 0 aliphatic rings. The molecule has 2 atom stereocenters. The number of carbonyl (C=O) groups excluding carboxylic acids is 2. The molecule has 0 aromatic heterocycles. The fourth-order valence-corrected chi connectivity index (χ4v) is 6.49. The van der Waals surface area contributed by atoms with Crippen LogP contribution in [-0.2, 0) is 28.6 Å². The lowest BCUT2D eigenvalue weighted by Gasteiger charge is -2.31. The van der Waals surface area contributed by atoms with Gasteiger partial charge in [-0.25, -0.2) is 4.79 Å². The highest BCUT2D eigenvalue weighted by Crippen LogP contribution is 2.15. The Labute approximate surface area is 344 Å². The van der Waals surface area contributed by atoms with Gasteiger partial charge in [0.1, 0.15) is 6.61 Å². The Balaban J connectivity index is 4.17. The molecule has 0 aliphatic heterocycles. The van der Waals surface area contributed by atoms with Crippen molar-refractivity contribution in [3.63, 3.8) is 0 Å². The molecule has 8 nitrogen and oxygen atoms in total. The third kappa shape index (κ3) is 36.9. The summed E-state index contributed by atoms with van der Waals surface area (Å²) in [6.07, 6.45) is 45.9. The molecule has 2 unspecified atom stereocenters. The molecule has 0 saturated carbocycles. The zero-order valence-electron chi connectivity index (χ0n) is 36.8. The van der Waals surface area contributed by atoms with Crippen molar-refractivity contribution < 1.29 is 38.2 Å². The van der Waals surface area contributed by atoms with Crippen LogP contribution < -0.4 is 0 Å². The summed E-state index contributed by atoms with van der Waals surface area (Å²) in [6, 6.07) is -0.613. The maximum absolute atomic E-state index is 12.6. The van der Waals surface area contributed by atoms with Crippen LogP contribution in [0.25, 0.3) is 0 Å². The number of allylic oxidation sites excluding steroid dienone is 8. The first-order chi connectivity index (χ1) is 27.1. The molecular weight excluding hydrogens is 703 g/mol. The fraction of sp³-hybridized carbons (Fsp3) is 0.771. The summed E-state index contributed by atoms with van der Waals surface area (Å²) in [6.45, 7) is 4.60. The van der Waals surface area contributed by atoms with Crippen LogP contribution >= 0.6 is 0 Å². The highest BCUT2D eigenvalue weighted by atomic mass is 16.6. The molecular formula is C48H86NO7+. The first-order valence-corrected chi connectivity index (χ1v) is 22.7. The average Bonchev–Trinajstić information content (AvgIpc) is 3.15. The van der Waals surface area contributed by atoms with Crippen molar-refractivity contribution in [2.24, 2.45) is 0 Å². The van der Waals surface area contributed by atoms with Gasteiger partial charge in [-0.3, -0.25) is 9.59 Å². The highest BCUT2D eigenvalue weighted by molar-refractivity contribution is 5.72. The summed E-state index contributed by atoms with van der Waals surface area (Å²) in [4.78, 5) is 36.9. The van der Waals surface area contributed by atoms with Crippen LogP contribution in [-0.4, -0.2) is 80.6 Å². The van der Waals surface area contributed by atoms with Crippen LogP contribution in [0.3, 0.4) is 0 Å². The lowest BCUT2D eigenvalue weighted by molar-refractivity contribution is -0.887. The molecule has 0 spiro atoms. The lowest BCUT2D eigenvalue weighted by Crippen LogP contribution is -2.50. The molecule has 1 N–H and O–H groups in total. The van der Waals surface area contributed by atoms with Crippen molar-refractivity contribution in [1.29, 1.82) is 0 Å². The second-order valence-corrected chi connectivity index (χ2v) is 16.3. The number of carboxylic acid groups (broad SMARTS) is 1. The minimum atomic E-state index is -0.876. The van der Waals surface area contributed by atoms with E-state index in [-0.39, 0.29) is 36.2 Å². The summed E-state index contributed by atoms with van der Waals surface area (Å²) in [5.41, 5.74) is 0. The number of hydrogen-bond acceptors (Lipinski definition) is 6. The van der Waals surface area contributed by atoms with Gasteiger partial charge in [0.2, 0.25) is 0 Å². The first-order valence-electron chi connectivity index (χ1n) is 22.7. The van der Waals surface area contributed by atoms with Crippen molar-refractivity contribution in [1.82, 2.24) is 0 Å². The van der Waals surface area contributed by atoms with Gasteiger partial charge in [0.15, 0.2) is 12.1 Å². The summed E-state index contributed by atoms with van der Waals surface area (Å²) in [5, 5.41) is 9.60. The van der Waals surface area contributed by atoms with Crippen LogP contribution in [0, 0.1) is 0 Å². The molecule has 0 aliphatic carbocycles. The third-order valence-electron chi connectivity index (χ3n) is 9.99. The lowest BCUT2D eigenvalue weighted by atomic mass is 10.1. The predicted octanol–water partition coefficient (Wildman–Crippen LogP) is 12.4. The number of quaternary nitrogens is 1. The molecule has 0 aromatic rings. The number of carbonyl (C=O) groups is 3. The van der Waals surface area contributed by atoms with Crippen LogP contribution in [0.4, 0.5) is 0 Å². The molecule has 0 bridgehead atoms. The number of aliphatic carboxylic acids is 1. The largest absolute Gasteiger partial charge is 0.477 e. The molecule has 0 fully saturated rings. The Bertz CT molecular complexity index is 1060. The van der Waals surface area contributed by atoms with Gasteiger partial charge in [0.05, 0.1) is 34.4 Å². The number of unbranched alkanes of at least 4 members (excludes halogenated alkanes) is 18. The van der Waals surface area contributed by atoms with E-state index in [1.54, 1.807) is 0 Å². The van der Waals surface area contributed by atoms with Gasteiger partial charge in [0, 0.05) is 19.3 Å². The number of nitrogens with zero attached hydrogens (tertiary/aromatic N) is 1. The Hall–Kier alpha value is -2.71. The van der Waals surface area contributed by atoms with E-state index < -0.39 is 18.1 Å². The van der Waals surface area contributed by atoms with Gasteiger partial charge in [-0.1, -0.05) is 165 Å². The number of likely N-dealkylation sites (N-methyl/N-ethyl adjacent to an activating group) is 1. The van der Waals surface area contributed by atoms with E-state index in [9.17, 15) is 19.5 Å². The molecule has 8 heteroatoms. The van der Waals surface area contributed by atoms with E-state index in [1.165, 1.54) is 89.9 Å². The van der Waals surface area contributed by atoms with Crippen molar-refractivity contribution >= 4 is 17.9 Å². The minimum Gasteiger partial charge on any atom is -0.477 e. The number of rotatable bonds is 40. The Kier molecular flexibility index (Phi) is 37.2. The van der Waals surface area contributed by atoms with E-state index in [4.69, 9.17) is 14.2 Å². The van der Waals surface area contributed by atoms with Gasteiger partial charge < -0.3 is 23.8 Å². The second kappa shape index (κ2) is 39.1. The third-order valence-corrected chi connectivity index (χ3v) is 9.99. The van der Waals surface area contributed by atoms with Crippen molar-refractivity contribution in [3.05, 3.63) is 48.6 Å². The maximum Gasteiger partial charge on any atom is 0.362 e. The zero-order chi connectivity index (χ0) is 41.4. The summed E-state index contributed by atoms with van der Waals surface area (Å²) in [5.74, 6) is -1.47. The van der Waals surface area contributed by atoms with Gasteiger partial charge in [-0.05, 0) is 51.4 Å². The topological polar surface area (TPSA) is 99.1 Å². The van der Waals surface area contributed by atoms with Crippen LogP contribution in [0.2, 0.25) is 0 Å². The first kappa shape index (κ1) is 53.3. The molecule has 0 heterocycles. The Morgan fingerprint density at radius 2 is 1.00 bits per heavy atom. The van der Waals surface area contributed by atoms with Crippen LogP contribution in [0.1, 0.15) is 187 Å². The summed E-state index contributed by atoms with van der Waals surface area (Å²) < 4.78 is 17.2. The zero-order valence-corrected chi connectivity index (χ0v) is 36.8. The number of esters is 2. The Morgan fingerprint density at radius 3 is 1.48 bits per heavy atom. The number of carboxylic acids is 1. The Morgan fingerprint density at radius 1 is 0.554 bits per heavy atom. The van der Waals surface area contributed by atoms with Crippen LogP contribution in [0.5, 0.6) is 0 Å². The minimum absolute atomic E-state index is 0.0521. The van der Waals surface area contributed by atoms with E-state index in [1.807, 2.05) is 21.1 Å². The summed E-state index contributed by atoms with van der Waals surface area (Å²) in [7, 11) is 5.52. The van der Waals surface area contributed by atoms with Gasteiger partial charge in [-0.15, -0.1) is 0 Å². The van der Waals surface area contributed by atoms with E-state index in [0.29, 0.717) is 19.3 Å². The van der Waals surface area contributed by atoms with Gasteiger partial charge in [-0.2, -0.15) is 0 Å². The van der Waals surface area contributed by atoms with E-state index in [2.05, 4.69) is 62.5 Å². The van der Waals surface area contributed by atoms with Crippen molar-refractivity contribution in [2.75, 3.05) is 41.0 Å². The molecule has 324 valence electrons. The molecule has 0 amide bonds. The molecule has 0 rings (SSSR count). The van der Waals surface area contributed by atoms with Crippen LogP contribution in [0.15, 0.2) is 48.6 Å². The van der Waals surface area contributed by atoms with Gasteiger partial charge in [0.25, 0.3) is 0 Å². The summed E-state index contributed by atoms with van der Waals surface area (Å²) >= 11 is 0. The molecule has 56 heavy (non-hydrogen) atoms. The fourth-order valence-electron chi connectivity index (χ4n) is 6.49. The molecule has 0 aromatic carbocycles. The number of ether oxygens (including phenoxy) is 3. The van der Waals surface area contributed by atoms with Gasteiger partial charge >= 0.3 is 17.9 Å². The second-order valence-electron chi connectivity index (χ2n) is 16.3. The predicted molar refractivity (Wildman–Crippen MR) is 234 cm³/mol. The standard InChI is InChI=1S/C48H85NO7/c1-6-8-10-12-14-16-17-18-19-20-21-22-23-24-25-26-27-28-29-31-32-34-36-38-46(50)55-43-44(42-54-41-40-45(48(52)53)49(3,4)5)56-47(51)39-37-35-33-30-15-13-11-9-7-2/h8,10,14,16,18-19,21-22,44-45H,6-7,9,11-13,15,17,20,23-43H2,1-5H3/p+1/b10-8+,16-14+,19-18+,22-21+. The van der Waals surface area contributed by atoms with E-state index in [0.717, 1.165) is 64.2 Å². The van der Waals surface area contributed by atoms with Crippen molar-refractivity contribution in [3.8, 4) is 0 Å². The van der Waals surface area contributed by atoms with E-state index >= 15 is 0 Å². The number of hydrogen-bond donors (Lipinski definition) is 1. The normalized spacial score (nSPS) is 13.4. The molecule has 0 radical (unpaired) electrons. The molecule has 0 saturated heterocycles. The smallest absolute Gasteiger partial charge is 0.362 e. The SMILES string of the molecule is CC/C=C/C/C=C/C/C=C/C/C=C/CCCCCCCCCCCCC(=O)OCC(COCCC(C(=O)O)[N+](C)(C)C)OC(=O)CCCCCCCCCCC. The average molecular weight is 789 g/mol. The highest BCUT2D eigenvalue weighted by Gasteiger charge is 2.31. The monoisotopic (exact) mass is 789 g/mol.